The molecule has 0 aliphatic carbocycles. The van der Waals surface area contributed by atoms with Crippen molar-refractivity contribution in [3.8, 4) is 0 Å². The highest BCUT2D eigenvalue weighted by Crippen LogP contribution is 2.19. The van der Waals surface area contributed by atoms with Crippen LogP contribution in [-0.4, -0.2) is 73.0 Å². The van der Waals surface area contributed by atoms with Gasteiger partial charge in [-0.25, -0.2) is 0 Å². The maximum atomic E-state index is 12.1. The Morgan fingerprint density at radius 3 is 1.95 bits per heavy atom. The van der Waals surface area contributed by atoms with Crippen molar-refractivity contribution >= 4 is 5.91 Å². The van der Waals surface area contributed by atoms with E-state index in [1.165, 1.54) is 13.0 Å². The molecule has 0 aromatic rings. The van der Waals surface area contributed by atoms with Crippen molar-refractivity contribution in [2.24, 2.45) is 5.41 Å². The van der Waals surface area contributed by atoms with Crippen LogP contribution in [0.2, 0.25) is 0 Å². The summed E-state index contributed by atoms with van der Waals surface area (Å²) in [5.41, 5.74) is 0.413. The number of hydrogen-bond donors (Lipinski definition) is 0. The van der Waals surface area contributed by atoms with Crippen LogP contribution in [0, 0.1) is 5.41 Å². The summed E-state index contributed by atoms with van der Waals surface area (Å²) >= 11 is 0. The van der Waals surface area contributed by atoms with Gasteiger partial charge in [-0.2, -0.15) is 0 Å². The Hall–Kier alpha value is -0.610. The van der Waals surface area contributed by atoms with E-state index in [2.05, 4.69) is 30.6 Å². The van der Waals surface area contributed by atoms with E-state index in [0.717, 1.165) is 39.3 Å². The maximum absolute atomic E-state index is 12.1. The molecule has 1 fully saturated rings. The number of likely N-dealkylation sites (N-methyl/N-ethyl adjacent to an activating group) is 1. The van der Waals surface area contributed by atoms with Crippen molar-refractivity contribution in [3.63, 3.8) is 0 Å². The Morgan fingerprint density at radius 1 is 1.00 bits per heavy atom. The molecule has 1 heterocycles. The first-order valence-electron chi connectivity index (χ1n) is 8.08. The highest BCUT2D eigenvalue weighted by molar-refractivity contribution is 5.78. The molecule has 20 heavy (non-hydrogen) atoms. The van der Waals surface area contributed by atoms with E-state index in [1.807, 2.05) is 18.7 Å². The highest BCUT2D eigenvalue weighted by atomic mass is 16.2. The highest BCUT2D eigenvalue weighted by Gasteiger charge is 2.21. The largest absolute Gasteiger partial charge is 0.342 e. The molecule has 0 bridgehead atoms. The molecule has 1 amide bonds. The summed E-state index contributed by atoms with van der Waals surface area (Å²) in [7, 11) is 0. The van der Waals surface area contributed by atoms with Gasteiger partial charge < -0.3 is 9.80 Å². The van der Waals surface area contributed by atoms with Gasteiger partial charge in [0.15, 0.2) is 0 Å². The smallest absolute Gasteiger partial charge is 0.236 e. The van der Waals surface area contributed by atoms with Crippen LogP contribution in [-0.2, 0) is 4.79 Å². The fourth-order valence-electron chi connectivity index (χ4n) is 2.53. The second-order valence-electron chi connectivity index (χ2n) is 6.99. The number of piperazine rings is 1. The Balaban J connectivity index is 2.27. The van der Waals surface area contributed by atoms with E-state index in [1.54, 1.807) is 0 Å². The minimum Gasteiger partial charge on any atom is -0.342 e. The third-order valence-corrected chi connectivity index (χ3v) is 4.12. The molecule has 1 aliphatic rings. The van der Waals surface area contributed by atoms with Crippen molar-refractivity contribution in [1.29, 1.82) is 0 Å². The fraction of sp³-hybridized carbons (Fsp3) is 0.938. The van der Waals surface area contributed by atoms with Gasteiger partial charge in [0.2, 0.25) is 5.91 Å². The molecule has 0 N–H and O–H groups in total. The minimum absolute atomic E-state index is 0.276. The number of amides is 1. The van der Waals surface area contributed by atoms with E-state index in [9.17, 15) is 4.79 Å². The van der Waals surface area contributed by atoms with Crippen LogP contribution < -0.4 is 0 Å². The fourth-order valence-corrected chi connectivity index (χ4v) is 2.53. The van der Waals surface area contributed by atoms with Gasteiger partial charge in [0.05, 0.1) is 6.54 Å². The zero-order chi connectivity index (χ0) is 15.2. The predicted molar refractivity (Wildman–Crippen MR) is 84.9 cm³/mol. The van der Waals surface area contributed by atoms with Gasteiger partial charge in [-0.05, 0) is 32.2 Å². The third kappa shape index (κ3) is 6.23. The molecule has 0 atom stereocenters. The summed E-state index contributed by atoms with van der Waals surface area (Å²) in [6, 6.07) is 0. The summed E-state index contributed by atoms with van der Waals surface area (Å²) in [5, 5.41) is 0. The molecular weight excluding hydrogens is 250 g/mol. The summed E-state index contributed by atoms with van der Waals surface area (Å²) in [6.45, 7) is 18.6. The zero-order valence-electron chi connectivity index (χ0n) is 14.1. The molecular formula is C16H33N3O. The summed E-state index contributed by atoms with van der Waals surface area (Å²) in [5.74, 6) is 0.276. The Kier molecular flexibility index (Phi) is 6.96. The van der Waals surface area contributed by atoms with Crippen LogP contribution in [0.3, 0.4) is 0 Å². The lowest BCUT2D eigenvalue weighted by atomic mass is 9.92. The SMILES string of the molecule is CCN(CC)C(=O)CN1CCN(CCC(C)(C)C)CC1. The number of hydrogen-bond acceptors (Lipinski definition) is 3. The molecule has 1 saturated heterocycles. The van der Waals surface area contributed by atoms with Gasteiger partial charge >= 0.3 is 0 Å². The van der Waals surface area contributed by atoms with Crippen LogP contribution in [0.5, 0.6) is 0 Å². The van der Waals surface area contributed by atoms with E-state index in [0.29, 0.717) is 12.0 Å². The molecule has 4 nitrogen and oxygen atoms in total. The average Bonchev–Trinajstić information content (AvgIpc) is 2.38. The van der Waals surface area contributed by atoms with Crippen LogP contribution >= 0.6 is 0 Å². The van der Waals surface area contributed by atoms with Crippen molar-refractivity contribution in [2.45, 2.75) is 41.0 Å². The lowest BCUT2D eigenvalue weighted by Crippen LogP contribution is -2.50. The lowest BCUT2D eigenvalue weighted by molar-refractivity contribution is -0.132. The molecule has 1 rings (SSSR count). The zero-order valence-corrected chi connectivity index (χ0v) is 14.1. The third-order valence-electron chi connectivity index (χ3n) is 4.12. The van der Waals surface area contributed by atoms with E-state index < -0.39 is 0 Å². The van der Waals surface area contributed by atoms with Crippen LogP contribution in [0.4, 0.5) is 0 Å². The molecule has 118 valence electrons. The number of rotatable bonds is 6. The topological polar surface area (TPSA) is 26.8 Å². The Bertz CT molecular complexity index is 287. The second-order valence-corrected chi connectivity index (χ2v) is 6.99. The van der Waals surface area contributed by atoms with Gasteiger partial charge in [0.25, 0.3) is 0 Å². The van der Waals surface area contributed by atoms with Crippen molar-refractivity contribution in [3.05, 3.63) is 0 Å². The van der Waals surface area contributed by atoms with Gasteiger partial charge in [0.1, 0.15) is 0 Å². The normalized spacial score (nSPS) is 18.2. The molecule has 0 spiro atoms. The van der Waals surface area contributed by atoms with Gasteiger partial charge in [0, 0.05) is 39.3 Å². The summed E-state index contributed by atoms with van der Waals surface area (Å²) in [4.78, 5) is 18.8. The van der Waals surface area contributed by atoms with Gasteiger partial charge in [-0.3, -0.25) is 9.69 Å². The van der Waals surface area contributed by atoms with Crippen molar-refractivity contribution < 1.29 is 4.79 Å². The first kappa shape index (κ1) is 17.4. The summed E-state index contributed by atoms with van der Waals surface area (Å²) in [6.07, 6.45) is 1.24. The van der Waals surface area contributed by atoms with Crippen LogP contribution in [0.1, 0.15) is 41.0 Å². The Morgan fingerprint density at radius 2 is 1.50 bits per heavy atom. The lowest BCUT2D eigenvalue weighted by Gasteiger charge is -2.36. The quantitative estimate of drug-likeness (QED) is 0.745. The maximum Gasteiger partial charge on any atom is 0.236 e. The van der Waals surface area contributed by atoms with E-state index in [-0.39, 0.29) is 5.91 Å². The predicted octanol–water partition coefficient (Wildman–Crippen LogP) is 1.91. The van der Waals surface area contributed by atoms with Crippen molar-refractivity contribution in [2.75, 3.05) is 52.4 Å². The molecule has 0 radical (unpaired) electrons. The Labute approximate surface area is 125 Å². The standard InChI is InChI=1S/C16H33N3O/c1-6-19(7-2)15(20)14-18-12-10-17(11-13-18)9-8-16(3,4)5/h6-14H2,1-5H3. The summed E-state index contributed by atoms with van der Waals surface area (Å²) < 4.78 is 0. The molecule has 0 aromatic heterocycles. The molecule has 1 aliphatic heterocycles. The van der Waals surface area contributed by atoms with Crippen LogP contribution in [0.25, 0.3) is 0 Å². The van der Waals surface area contributed by atoms with E-state index >= 15 is 0 Å². The average molecular weight is 283 g/mol. The minimum atomic E-state index is 0.276. The second kappa shape index (κ2) is 7.99. The van der Waals surface area contributed by atoms with Crippen molar-refractivity contribution in [1.82, 2.24) is 14.7 Å². The molecule has 0 saturated carbocycles. The number of nitrogens with zero attached hydrogens (tertiary/aromatic N) is 3. The first-order chi connectivity index (χ1) is 9.35. The van der Waals surface area contributed by atoms with Crippen LogP contribution in [0.15, 0.2) is 0 Å². The molecule has 4 heteroatoms. The van der Waals surface area contributed by atoms with Gasteiger partial charge in [-0.15, -0.1) is 0 Å². The monoisotopic (exact) mass is 283 g/mol. The number of carbonyl (C=O) groups is 1. The number of carbonyl (C=O) groups excluding carboxylic acids is 1. The molecule has 0 unspecified atom stereocenters. The van der Waals surface area contributed by atoms with E-state index in [4.69, 9.17) is 0 Å². The van der Waals surface area contributed by atoms with Gasteiger partial charge in [-0.1, -0.05) is 20.8 Å². The first-order valence-corrected chi connectivity index (χ1v) is 8.08. The molecule has 0 aromatic carbocycles.